The first-order valence-corrected chi connectivity index (χ1v) is 10.3. The number of rotatable bonds is 6. The molecule has 0 aliphatic heterocycles. The second-order valence-corrected chi connectivity index (χ2v) is 8.67. The maximum atomic E-state index is 12.3. The highest BCUT2D eigenvalue weighted by atomic mass is 35.5. The highest BCUT2D eigenvalue weighted by Gasteiger charge is 2.28. The van der Waals surface area contributed by atoms with Crippen molar-refractivity contribution in [3.63, 3.8) is 0 Å². The van der Waals surface area contributed by atoms with E-state index in [-0.39, 0.29) is 23.9 Å². The molecule has 0 spiro atoms. The van der Waals surface area contributed by atoms with E-state index in [0.717, 1.165) is 47.3 Å². The number of amides is 1. The van der Waals surface area contributed by atoms with Crippen LogP contribution in [-0.2, 0) is 11.2 Å². The van der Waals surface area contributed by atoms with Crippen molar-refractivity contribution in [2.75, 3.05) is 5.32 Å². The van der Waals surface area contributed by atoms with E-state index in [1.807, 2.05) is 38.1 Å². The molecule has 1 fully saturated rings. The quantitative estimate of drug-likeness (QED) is 0.770. The Bertz CT molecular complexity index is 731. The van der Waals surface area contributed by atoms with Gasteiger partial charge in [0, 0.05) is 29.4 Å². The van der Waals surface area contributed by atoms with Crippen LogP contribution in [0.1, 0.15) is 50.1 Å². The molecule has 1 amide bonds. The zero-order chi connectivity index (χ0) is 18.5. The van der Waals surface area contributed by atoms with Gasteiger partial charge in [0.25, 0.3) is 0 Å². The Labute approximate surface area is 163 Å². The van der Waals surface area contributed by atoms with E-state index < -0.39 is 0 Å². The van der Waals surface area contributed by atoms with Gasteiger partial charge >= 0.3 is 0 Å². The zero-order valence-electron chi connectivity index (χ0n) is 15.2. The molecule has 0 radical (unpaired) electrons. The zero-order valence-corrected chi connectivity index (χ0v) is 16.7. The van der Waals surface area contributed by atoms with E-state index in [1.165, 1.54) is 5.56 Å². The maximum Gasteiger partial charge on any atom is 0.223 e. The lowest BCUT2D eigenvalue weighted by molar-refractivity contribution is -0.126. The van der Waals surface area contributed by atoms with Gasteiger partial charge in [0.15, 0.2) is 0 Å². The fourth-order valence-electron chi connectivity index (χ4n) is 3.30. The van der Waals surface area contributed by atoms with Crippen LogP contribution in [0, 0.1) is 5.92 Å². The Hall–Kier alpha value is -1.66. The van der Waals surface area contributed by atoms with Crippen molar-refractivity contribution in [1.82, 2.24) is 15.5 Å². The van der Waals surface area contributed by atoms with Crippen LogP contribution in [0.5, 0.6) is 0 Å². The number of nitrogens with one attached hydrogen (secondary N) is 2. The molecular formula is C19H25ClN4OS. The lowest BCUT2D eigenvalue weighted by Gasteiger charge is -2.29. The molecular weight excluding hydrogens is 368 g/mol. The summed E-state index contributed by atoms with van der Waals surface area (Å²) in [7, 11) is 0. The van der Waals surface area contributed by atoms with E-state index >= 15 is 0 Å². The van der Waals surface area contributed by atoms with Crippen molar-refractivity contribution in [1.29, 1.82) is 0 Å². The van der Waals surface area contributed by atoms with E-state index in [0.29, 0.717) is 0 Å². The average molecular weight is 393 g/mol. The fourth-order valence-corrected chi connectivity index (χ4v) is 4.27. The van der Waals surface area contributed by atoms with E-state index in [9.17, 15) is 4.79 Å². The summed E-state index contributed by atoms with van der Waals surface area (Å²) in [5.41, 5.74) is 1.17. The molecule has 5 nitrogen and oxygen atoms in total. The number of carbonyl (C=O) groups is 1. The number of hydrogen-bond donors (Lipinski definition) is 2. The molecule has 2 aromatic rings. The Balaban J connectivity index is 1.55. The SMILES string of the molecule is CC(C)NC(=O)C1CCCC(Nc2nnc(Cc3ccc(Cl)cc3)s2)C1. The minimum absolute atomic E-state index is 0.0881. The van der Waals surface area contributed by atoms with Gasteiger partial charge in [-0.05, 0) is 50.8 Å². The number of carbonyl (C=O) groups excluding carboxylic acids is 1. The second-order valence-electron chi connectivity index (χ2n) is 7.17. The number of halogens is 1. The molecule has 26 heavy (non-hydrogen) atoms. The van der Waals surface area contributed by atoms with Crippen LogP contribution < -0.4 is 10.6 Å². The third-order valence-corrected chi connectivity index (χ3v) is 5.65. The molecule has 2 atom stereocenters. The second kappa shape index (κ2) is 8.82. The monoisotopic (exact) mass is 392 g/mol. The van der Waals surface area contributed by atoms with Crippen LogP contribution in [0.2, 0.25) is 5.02 Å². The van der Waals surface area contributed by atoms with Crippen LogP contribution in [0.4, 0.5) is 5.13 Å². The predicted molar refractivity (Wildman–Crippen MR) is 107 cm³/mol. The summed E-state index contributed by atoms with van der Waals surface area (Å²) in [5, 5.41) is 17.6. The largest absolute Gasteiger partial charge is 0.357 e. The first-order chi connectivity index (χ1) is 12.5. The summed E-state index contributed by atoms with van der Waals surface area (Å²) >= 11 is 7.50. The summed E-state index contributed by atoms with van der Waals surface area (Å²) in [6.07, 6.45) is 4.70. The van der Waals surface area contributed by atoms with Crippen molar-refractivity contribution in [3.8, 4) is 0 Å². The normalized spacial score (nSPS) is 20.2. The predicted octanol–water partition coefficient (Wildman–Crippen LogP) is 4.28. The minimum Gasteiger partial charge on any atom is -0.357 e. The lowest BCUT2D eigenvalue weighted by atomic mass is 9.85. The van der Waals surface area contributed by atoms with Crippen LogP contribution in [0.25, 0.3) is 0 Å². The van der Waals surface area contributed by atoms with Crippen LogP contribution >= 0.6 is 22.9 Å². The lowest BCUT2D eigenvalue weighted by Crippen LogP contribution is -2.40. The van der Waals surface area contributed by atoms with E-state index in [2.05, 4.69) is 20.8 Å². The van der Waals surface area contributed by atoms with Crippen molar-refractivity contribution in [3.05, 3.63) is 39.9 Å². The highest BCUT2D eigenvalue weighted by molar-refractivity contribution is 7.15. The van der Waals surface area contributed by atoms with Crippen molar-refractivity contribution in [2.45, 2.75) is 58.0 Å². The van der Waals surface area contributed by atoms with Crippen LogP contribution in [0.15, 0.2) is 24.3 Å². The topological polar surface area (TPSA) is 66.9 Å². The third-order valence-electron chi connectivity index (χ3n) is 4.54. The van der Waals surface area contributed by atoms with Crippen molar-refractivity contribution in [2.24, 2.45) is 5.92 Å². The molecule has 140 valence electrons. The molecule has 0 bridgehead atoms. The number of aromatic nitrogens is 2. The Morgan fingerprint density at radius 1 is 1.27 bits per heavy atom. The molecule has 1 aromatic heterocycles. The standard InChI is InChI=1S/C19H25ClN4OS/c1-12(2)21-18(25)14-4-3-5-16(11-14)22-19-24-23-17(26-19)10-13-6-8-15(20)9-7-13/h6-9,12,14,16H,3-5,10-11H2,1-2H3,(H,21,25)(H,22,24). The number of hydrogen-bond acceptors (Lipinski definition) is 5. The summed E-state index contributed by atoms with van der Waals surface area (Å²) < 4.78 is 0. The first-order valence-electron chi connectivity index (χ1n) is 9.13. The van der Waals surface area contributed by atoms with Crippen LogP contribution in [0.3, 0.4) is 0 Å². The average Bonchev–Trinajstić information content (AvgIpc) is 3.03. The van der Waals surface area contributed by atoms with Crippen molar-refractivity contribution < 1.29 is 4.79 Å². The summed E-state index contributed by atoms with van der Waals surface area (Å²) in [4.78, 5) is 12.3. The van der Waals surface area contributed by atoms with Gasteiger partial charge < -0.3 is 10.6 Å². The molecule has 1 aliphatic rings. The summed E-state index contributed by atoms with van der Waals surface area (Å²) in [6, 6.07) is 8.27. The fraction of sp³-hybridized carbons (Fsp3) is 0.526. The van der Waals surface area contributed by atoms with Gasteiger partial charge in [-0.25, -0.2) is 0 Å². The number of benzene rings is 1. The molecule has 2 N–H and O–H groups in total. The van der Waals surface area contributed by atoms with Gasteiger partial charge in [0.05, 0.1) is 0 Å². The smallest absolute Gasteiger partial charge is 0.223 e. The Kier molecular flexibility index (Phi) is 6.48. The van der Waals surface area contributed by atoms with Gasteiger partial charge in [-0.15, -0.1) is 10.2 Å². The van der Waals surface area contributed by atoms with Crippen LogP contribution in [-0.4, -0.2) is 28.2 Å². The Morgan fingerprint density at radius 3 is 2.77 bits per heavy atom. The molecule has 1 heterocycles. The highest BCUT2D eigenvalue weighted by Crippen LogP contribution is 2.28. The van der Waals surface area contributed by atoms with Gasteiger partial charge in [0.1, 0.15) is 5.01 Å². The molecule has 2 unspecified atom stereocenters. The molecule has 0 saturated heterocycles. The Morgan fingerprint density at radius 2 is 2.04 bits per heavy atom. The van der Waals surface area contributed by atoms with E-state index in [4.69, 9.17) is 11.6 Å². The molecule has 1 aliphatic carbocycles. The molecule has 7 heteroatoms. The number of anilines is 1. The third kappa shape index (κ3) is 5.42. The van der Waals surface area contributed by atoms with Crippen molar-refractivity contribution >= 4 is 34.0 Å². The summed E-state index contributed by atoms with van der Waals surface area (Å²) in [5.74, 6) is 0.261. The summed E-state index contributed by atoms with van der Waals surface area (Å²) in [6.45, 7) is 4.00. The maximum absolute atomic E-state index is 12.3. The molecule has 1 saturated carbocycles. The van der Waals surface area contributed by atoms with Gasteiger partial charge in [-0.3, -0.25) is 4.79 Å². The first kappa shape index (κ1) is 19.1. The van der Waals surface area contributed by atoms with Gasteiger partial charge in [-0.2, -0.15) is 0 Å². The minimum atomic E-state index is 0.0881. The molecule has 1 aromatic carbocycles. The van der Waals surface area contributed by atoms with Gasteiger partial charge in [0.2, 0.25) is 11.0 Å². The van der Waals surface area contributed by atoms with Gasteiger partial charge in [-0.1, -0.05) is 41.5 Å². The molecule has 3 rings (SSSR count). The van der Waals surface area contributed by atoms with E-state index in [1.54, 1.807) is 11.3 Å². The number of nitrogens with zero attached hydrogens (tertiary/aromatic N) is 2.